The Hall–Kier alpha value is -4.15. The summed E-state index contributed by atoms with van der Waals surface area (Å²) in [6.45, 7) is 4.66. The molecule has 2 unspecified atom stereocenters. The number of rotatable bonds is 33. The van der Waals surface area contributed by atoms with Crippen molar-refractivity contribution < 1.29 is 41.5 Å². The first-order valence-corrected chi connectivity index (χ1v) is 26.2. The van der Waals surface area contributed by atoms with E-state index in [4.69, 9.17) is 49.9 Å². The number of aromatic nitrogens is 3. The number of nitrogen functional groups attached to an aromatic ring is 1. The molecule has 0 aliphatic carbocycles. The SMILES string of the molecule is CCCCCCCCCCCCCCCCCCCCC(COP(=O)(OC[C@@](C#N)(OC)[C@H]1OC(C)(C)O[C@H]1c1ccc2c(N)ncnn12)Oc1ccccc1Cl)OCc1cc(F)cc(C#N)c1. The largest absolute Gasteiger partial charge is 0.530 e. The normalized spacial score (nSPS) is 17.9. The van der Waals surface area contributed by atoms with Gasteiger partial charge in [0.1, 0.15) is 48.3 Å². The molecule has 0 radical (unpaired) electrons. The Labute approximate surface area is 407 Å². The Morgan fingerprint density at radius 3 is 2.13 bits per heavy atom. The Balaban J connectivity index is 1.22. The van der Waals surface area contributed by atoms with Crippen LogP contribution in [0.15, 0.2) is 60.9 Å². The number of ether oxygens (including phenoxy) is 4. The summed E-state index contributed by atoms with van der Waals surface area (Å²) in [5, 5.41) is 24.8. The molecule has 68 heavy (non-hydrogen) atoms. The van der Waals surface area contributed by atoms with Crippen molar-refractivity contribution in [1.29, 1.82) is 10.5 Å². The maximum atomic E-state index is 14.9. The summed E-state index contributed by atoms with van der Waals surface area (Å²) in [6, 6.07) is 18.0. The van der Waals surface area contributed by atoms with Crippen LogP contribution >= 0.6 is 19.4 Å². The molecule has 2 aromatic heterocycles. The van der Waals surface area contributed by atoms with Crippen molar-refractivity contribution in [1.82, 2.24) is 14.6 Å². The number of para-hydroxylation sites is 1. The van der Waals surface area contributed by atoms with Crippen LogP contribution in [0.2, 0.25) is 5.02 Å². The lowest BCUT2D eigenvalue weighted by Gasteiger charge is -2.33. The Kier molecular flexibility index (Phi) is 22.5. The number of halogens is 2. The van der Waals surface area contributed by atoms with Gasteiger partial charge in [-0.15, -0.1) is 0 Å². The van der Waals surface area contributed by atoms with Crippen LogP contribution < -0.4 is 10.3 Å². The van der Waals surface area contributed by atoms with Gasteiger partial charge in [-0.3, -0.25) is 9.05 Å². The van der Waals surface area contributed by atoms with Crippen LogP contribution in [0.1, 0.15) is 166 Å². The number of anilines is 1. The number of nitriles is 2. The molecule has 0 spiro atoms. The van der Waals surface area contributed by atoms with Gasteiger partial charge in [-0.05, 0) is 68.3 Å². The minimum absolute atomic E-state index is 0.0126. The van der Waals surface area contributed by atoms with Crippen molar-refractivity contribution >= 4 is 30.8 Å². The van der Waals surface area contributed by atoms with Crippen molar-refractivity contribution in [2.45, 2.75) is 179 Å². The molecule has 372 valence electrons. The fourth-order valence-electron chi connectivity index (χ4n) is 8.48. The van der Waals surface area contributed by atoms with Crippen LogP contribution in [0.4, 0.5) is 10.2 Å². The first-order chi connectivity index (χ1) is 32.8. The molecule has 1 saturated heterocycles. The maximum Gasteiger partial charge on any atom is 0.530 e. The van der Waals surface area contributed by atoms with Gasteiger partial charge in [0.25, 0.3) is 0 Å². The van der Waals surface area contributed by atoms with Crippen LogP contribution in [-0.2, 0) is 39.2 Å². The summed E-state index contributed by atoms with van der Waals surface area (Å²) < 4.78 is 73.8. The molecule has 2 aromatic carbocycles. The van der Waals surface area contributed by atoms with Crippen LogP contribution in [0.25, 0.3) is 5.52 Å². The molecule has 1 aliphatic heterocycles. The minimum Gasteiger partial charge on any atom is -0.402 e. The number of methoxy groups -OCH3 is 1. The smallest absolute Gasteiger partial charge is 0.402 e. The number of hydrogen-bond acceptors (Lipinski definition) is 13. The highest BCUT2D eigenvalue weighted by Crippen LogP contribution is 2.53. The monoisotopic (exact) mass is 980 g/mol. The van der Waals surface area contributed by atoms with Crippen molar-refractivity contribution in [3.05, 3.63) is 88.6 Å². The summed E-state index contributed by atoms with van der Waals surface area (Å²) in [4.78, 5) is 4.07. The van der Waals surface area contributed by atoms with Crippen molar-refractivity contribution in [2.75, 3.05) is 26.1 Å². The molecule has 2 N–H and O–H groups in total. The third-order valence-corrected chi connectivity index (χ3v) is 13.9. The minimum atomic E-state index is -4.67. The zero-order valence-electron chi connectivity index (χ0n) is 40.3. The second kappa shape index (κ2) is 27.9. The molecular weight excluding hydrogens is 910 g/mol. The number of unbranched alkanes of at least 4 members (excludes halogenated alkanes) is 17. The van der Waals surface area contributed by atoms with E-state index in [1.54, 1.807) is 54.8 Å². The molecule has 0 bridgehead atoms. The highest BCUT2D eigenvalue weighted by molar-refractivity contribution is 7.49. The molecule has 4 aromatic rings. The summed E-state index contributed by atoms with van der Waals surface area (Å²) >= 11 is 6.48. The van der Waals surface area contributed by atoms with Crippen molar-refractivity contribution in [2.24, 2.45) is 0 Å². The maximum absolute atomic E-state index is 14.9. The number of nitrogens with two attached hydrogens (primary N) is 1. The second-order valence-electron chi connectivity index (χ2n) is 18.1. The van der Waals surface area contributed by atoms with Crippen molar-refractivity contribution in [3.63, 3.8) is 0 Å². The molecule has 5 rings (SSSR count). The second-order valence-corrected chi connectivity index (χ2v) is 20.1. The zero-order valence-corrected chi connectivity index (χ0v) is 42.0. The third-order valence-electron chi connectivity index (χ3n) is 12.3. The summed E-state index contributed by atoms with van der Waals surface area (Å²) in [6.07, 6.45) is 21.5. The Morgan fingerprint density at radius 2 is 1.53 bits per heavy atom. The van der Waals surface area contributed by atoms with E-state index in [-0.39, 0.29) is 35.4 Å². The number of fused-ring (bicyclic) bond motifs is 1. The lowest BCUT2D eigenvalue weighted by molar-refractivity contribution is -0.171. The molecule has 1 fully saturated rings. The van der Waals surface area contributed by atoms with Gasteiger partial charge in [0.2, 0.25) is 5.60 Å². The summed E-state index contributed by atoms with van der Waals surface area (Å²) in [5.74, 6) is -1.52. The quantitative estimate of drug-likeness (QED) is 0.0351. The number of phosphoric acid groups is 1. The topological polar surface area (TPSA) is 185 Å². The number of phosphoric ester groups is 1. The van der Waals surface area contributed by atoms with Gasteiger partial charge in [0.05, 0.1) is 41.7 Å². The fraction of sp³-hybridized carbons (Fsp3) is 0.608. The van der Waals surface area contributed by atoms with Gasteiger partial charge in [-0.1, -0.05) is 146 Å². The fourth-order valence-corrected chi connectivity index (χ4v) is 9.99. The highest BCUT2D eigenvalue weighted by atomic mass is 35.5. The van der Waals surface area contributed by atoms with Gasteiger partial charge >= 0.3 is 7.82 Å². The molecule has 0 saturated carbocycles. The molecule has 3 heterocycles. The van der Waals surface area contributed by atoms with Crippen LogP contribution in [-0.4, -0.2) is 58.5 Å². The van der Waals surface area contributed by atoms with E-state index in [9.17, 15) is 19.5 Å². The number of hydrogen-bond donors (Lipinski definition) is 1. The average molecular weight is 982 g/mol. The molecule has 14 nitrogen and oxygen atoms in total. The Morgan fingerprint density at radius 1 is 0.897 bits per heavy atom. The lowest BCUT2D eigenvalue weighted by Crippen LogP contribution is -2.50. The summed E-state index contributed by atoms with van der Waals surface area (Å²) in [5.41, 5.74) is 5.80. The van der Waals surface area contributed by atoms with Crippen LogP contribution in [0.3, 0.4) is 0 Å². The van der Waals surface area contributed by atoms with E-state index in [1.807, 2.05) is 6.07 Å². The van der Waals surface area contributed by atoms with E-state index in [0.717, 1.165) is 31.7 Å². The van der Waals surface area contributed by atoms with E-state index < -0.39 is 49.9 Å². The van der Waals surface area contributed by atoms with E-state index in [1.165, 1.54) is 115 Å². The van der Waals surface area contributed by atoms with Gasteiger partial charge < -0.3 is 29.2 Å². The van der Waals surface area contributed by atoms with E-state index in [0.29, 0.717) is 23.2 Å². The highest BCUT2D eigenvalue weighted by Gasteiger charge is 2.56. The van der Waals surface area contributed by atoms with Crippen molar-refractivity contribution in [3.8, 4) is 17.9 Å². The van der Waals surface area contributed by atoms with Crippen LogP contribution in [0, 0.1) is 28.5 Å². The predicted octanol–water partition coefficient (Wildman–Crippen LogP) is 13.3. The number of nitrogens with zero attached hydrogens (tertiary/aromatic N) is 5. The first-order valence-electron chi connectivity index (χ1n) is 24.4. The third kappa shape index (κ3) is 16.8. The van der Waals surface area contributed by atoms with Gasteiger partial charge in [0, 0.05) is 7.11 Å². The summed E-state index contributed by atoms with van der Waals surface area (Å²) in [7, 11) is -3.37. The average Bonchev–Trinajstić information content (AvgIpc) is 3.91. The molecule has 0 amide bonds. The van der Waals surface area contributed by atoms with Crippen LogP contribution in [0.5, 0.6) is 5.75 Å². The van der Waals surface area contributed by atoms with E-state index >= 15 is 0 Å². The molecule has 17 heteroatoms. The standard InChI is InChI=1S/C51H71ClFN6O8P/c1-5-6-7-8-9-10-11-12-13-14-15-16-17-18-19-20-21-22-25-42(62-34-40-30-39(33-54)31-41(53)32-40)35-63-68(60,67-46-27-24-23-26-43(46)52)64-37-51(36-55,61-4)48-47(65-50(2,3)66-48)44-28-29-45-49(56)57-38-58-59(44)45/h23-24,26-32,38,42,47-48H,5-22,25,34-35,37H2,1-4H3,(H2,56,57,58)/t42?,47-,48-,51+,68?/m0/s1. The van der Waals surface area contributed by atoms with Gasteiger partial charge in [-0.2, -0.15) is 15.6 Å². The van der Waals surface area contributed by atoms with Gasteiger partial charge in [-0.25, -0.2) is 18.5 Å². The Bertz CT molecular complexity index is 2290. The lowest BCUT2D eigenvalue weighted by atomic mass is 9.93. The zero-order chi connectivity index (χ0) is 48.8. The van der Waals surface area contributed by atoms with E-state index in [2.05, 4.69) is 23.1 Å². The molecular formula is C51H71ClFN6O8P. The van der Waals surface area contributed by atoms with Gasteiger partial charge in [0.15, 0.2) is 11.6 Å². The predicted molar refractivity (Wildman–Crippen MR) is 260 cm³/mol. The molecule has 1 aliphatic rings. The molecule has 5 atom stereocenters. The number of benzene rings is 2. The first kappa shape index (κ1) is 54.8.